The van der Waals surface area contributed by atoms with Crippen molar-refractivity contribution in [2.45, 2.75) is 50.9 Å². The molecule has 42 heavy (non-hydrogen) atoms. The highest BCUT2D eigenvalue weighted by Gasteiger charge is 2.37. The summed E-state index contributed by atoms with van der Waals surface area (Å²) in [6.45, 7) is 3.89. The molecule has 0 saturated heterocycles. The average molecular weight is 569 g/mol. The van der Waals surface area contributed by atoms with E-state index in [0.29, 0.717) is 12.2 Å². The highest BCUT2D eigenvalue weighted by molar-refractivity contribution is 5.94. The van der Waals surface area contributed by atoms with Crippen molar-refractivity contribution in [1.82, 2.24) is 20.9 Å². The quantitative estimate of drug-likeness (QED) is 0.386. The van der Waals surface area contributed by atoms with Crippen LogP contribution in [0.5, 0.6) is 5.75 Å². The zero-order valence-electron chi connectivity index (χ0n) is 24.6. The van der Waals surface area contributed by atoms with Crippen molar-refractivity contribution in [3.8, 4) is 5.75 Å². The predicted molar refractivity (Wildman–Crippen MR) is 165 cm³/mol. The van der Waals surface area contributed by atoms with Crippen LogP contribution < -0.4 is 20.7 Å². The summed E-state index contributed by atoms with van der Waals surface area (Å²) in [5, 5.41) is 8.74. The molecule has 0 fully saturated rings. The number of ether oxygens (including phenoxy) is 1. The Morgan fingerprint density at radius 1 is 0.881 bits per heavy atom. The smallest absolute Gasteiger partial charge is 0.247 e. The van der Waals surface area contributed by atoms with Gasteiger partial charge in [-0.3, -0.25) is 19.3 Å². The second-order valence-corrected chi connectivity index (χ2v) is 11.1. The van der Waals surface area contributed by atoms with Gasteiger partial charge in [0.25, 0.3) is 0 Å². The molecular formula is C34H40N4O4. The second-order valence-electron chi connectivity index (χ2n) is 11.1. The number of benzene rings is 3. The first kappa shape index (κ1) is 30.5. The molecule has 0 aliphatic carbocycles. The molecule has 2 aliphatic heterocycles. The van der Waals surface area contributed by atoms with E-state index in [2.05, 4.69) is 16.0 Å². The maximum absolute atomic E-state index is 14.1. The molecule has 5 rings (SSSR count). The maximum atomic E-state index is 14.1. The number of amides is 3. The second kappa shape index (κ2) is 14.5. The molecule has 8 nitrogen and oxygen atoms in total. The van der Waals surface area contributed by atoms with Gasteiger partial charge in [-0.25, -0.2) is 0 Å². The molecule has 8 heteroatoms. The Balaban J connectivity index is 1.69. The standard InChI is InChI=1S/C34H40N4O4/c1-23(2)31-30(37-33(40)29(38(3)4)22-26-13-9-6-10-14-26)34(41)36-28(21-25-11-7-5-8-12-25)32(39)35-20-19-24-15-17-27(42-31)18-16-24/h5-20,23,28-31H,21-22H2,1-4H3,(H,35,39)(H,36,41)(H,37,40)/t28-,29+,30+,31+/m1/s1. The van der Waals surface area contributed by atoms with Crippen LogP contribution >= 0.6 is 0 Å². The van der Waals surface area contributed by atoms with Crippen molar-refractivity contribution in [1.29, 1.82) is 0 Å². The summed E-state index contributed by atoms with van der Waals surface area (Å²) in [6, 6.07) is 24.1. The fourth-order valence-electron chi connectivity index (χ4n) is 4.94. The van der Waals surface area contributed by atoms with E-state index < -0.39 is 30.1 Å². The van der Waals surface area contributed by atoms with Crippen molar-refractivity contribution in [3.63, 3.8) is 0 Å². The lowest BCUT2D eigenvalue weighted by molar-refractivity contribution is -0.136. The summed E-state index contributed by atoms with van der Waals surface area (Å²) in [5.74, 6) is -0.732. The minimum atomic E-state index is -1.07. The van der Waals surface area contributed by atoms with E-state index in [-0.39, 0.29) is 24.2 Å². The molecule has 0 saturated carbocycles. The number of fused-ring (bicyclic) bond motifs is 10. The van der Waals surface area contributed by atoms with Gasteiger partial charge in [0, 0.05) is 12.6 Å². The van der Waals surface area contributed by atoms with Crippen LogP contribution in [0.25, 0.3) is 6.08 Å². The van der Waals surface area contributed by atoms with E-state index in [0.717, 1.165) is 16.7 Å². The van der Waals surface area contributed by atoms with Crippen LogP contribution in [0.4, 0.5) is 0 Å². The molecule has 0 spiro atoms. The summed E-state index contributed by atoms with van der Waals surface area (Å²) in [6.07, 6.45) is 3.39. The van der Waals surface area contributed by atoms with Gasteiger partial charge in [-0.2, -0.15) is 0 Å². The van der Waals surface area contributed by atoms with Gasteiger partial charge in [-0.1, -0.05) is 86.6 Å². The molecule has 0 unspecified atom stereocenters. The predicted octanol–water partition coefficient (Wildman–Crippen LogP) is 3.58. The maximum Gasteiger partial charge on any atom is 0.247 e. The molecule has 2 heterocycles. The monoisotopic (exact) mass is 568 g/mol. The summed E-state index contributed by atoms with van der Waals surface area (Å²) >= 11 is 0. The number of likely N-dealkylation sites (N-methyl/N-ethyl adjacent to an activating group) is 1. The summed E-state index contributed by atoms with van der Waals surface area (Å²) in [7, 11) is 3.68. The Kier molecular flexibility index (Phi) is 10.5. The lowest BCUT2D eigenvalue weighted by atomic mass is 9.96. The highest BCUT2D eigenvalue weighted by Crippen LogP contribution is 2.21. The normalized spacial score (nSPS) is 19.9. The number of nitrogens with one attached hydrogen (secondary N) is 3. The van der Waals surface area contributed by atoms with E-state index in [9.17, 15) is 14.4 Å². The van der Waals surface area contributed by atoms with Gasteiger partial charge in [0.15, 0.2) is 0 Å². The Bertz CT molecular complexity index is 1360. The van der Waals surface area contributed by atoms with Gasteiger partial charge in [0.1, 0.15) is 23.9 Å². The van der Waals surface area contributed by atoms with Gasteiger partial charge in [0.2, 0.25) is 17.7 Å². The fraction of sp³-hybridized carbons (Fsp3) is 0.324. The fourth-order valence-corrected chi connectivity index (χ4v) is 4.94. The molecule has 0 aromatic heterocycles. The molecule has 0 radical (unpaired) electrons. The van der Waals surface area contributed by atoms with E-state index in [1.807, 2.05) is 118 Å². The average Bonchev–Trinajstić information content (AvgIpc) is 2.98. The number of carbonyl (C=O) groups excluding carboxylic acids is 3. The molecule has 220 valence electrons. The largest absolute Gasteiger partial charge is 0.487 e. The van der Waals surface area contributed by atoms with Gasteiger partial charge in [-0.05, 0) is 61.3 Å². The number of rotatable bonds is 8. The van der Waals surface area contributed by atoms with Crippen molar-refractivity contribution >= 4 is 23.8 Å². The molecule has 2 bridgehead atoms. The molecule has 3 N–H and O–H groups in total. The molecule has 3 amide bonds. The molecular weight excluding hydrogens is 528 g/mol. The van der Waals surface area contributed by atoms with Crippen molar-refractivity contribution in [2.24, 2.45) is 5.92 Å². The molecule has 3 aromatic rings. The topological polar surface area (TPSA) is 99.8 Å². The first-order valence-corrected chi connectivity index (χ1v) is 14.3. The van der Waals surface area contributed by atoms with Crippen molar-refractivity contribution < 1.29 is 19.1 Å². The van der Waals surface area contributed by atoms with Gasteiger partial charge < -0.3 is 20.7 Å². The van der Waals surface area contributed by atoms with E-state index in [1.165, 1.54) is 0 Å². The highest BCUT2D eigenvalue weighted by atomic mass is 16.5. The minimum absolute atomic E-state index is 0.151. The van der Waals surface area contributed by atoms with Crippen LogP contribution in [0.15, 0.2) is 91.1 Å². The van der Waals surface area contributed by atoms with Crippen LogP contribution in [0.1, 0.15) is 30.5 Å². The lowest BCUT2D eigenvalue weighted by Gasteiger charge is -2.33. The van der Waals surface area contributed by atoms with Crippen LogP contribution in [0.3, 0.4) is 0 Å². The Labute approximate surface area is 248 Å². The summed E-state index contributed by atoms with van der Waals surface area (Å²) < 4.78 is 6.38. The zero-order valence-corrected chi connectivity index (χ0v) is 24.6. The van der Waals surface area contributed by atoms with Gasteiger partial charge >= 0.3 is 0 Å². The van der Waals surface area contributed by atoms with Gasteiger partial charge in [-0.15, -0.1) is 0 Å². The first-order valence-electron chi connectivity index (χ1n) is 14.3. The number of carbonyl (C=O) groups is 3. The van der Waals surface area contributed by atoms with Crippen molar-refractivity contribution in [3.05, 3.63) is 108 Å². The van der Waals surface area contributed by atoms with Crippen LogP contribution in [-0.2, 0) is 27.2 Å². The Hall–Kier alpha value is -4.43. The number of hydrogen-bond donors (Lipinski definition) is 3. The Morgan fingerprint density at radius 2 is 1.50 bits per heavy atom. The van der Waals surface area contributed by atoms with E-state index in [4.69, 9.17) is 4.74 Å². The number of nitrogens with zero attached hydrogens (tertiary/aromatic N) is 1. The van der Waals surface area contributed by atoms with Crippen LogP contribution in [-0.4, -0.2) is 60.9 Å². The lowest BCUT2D eigenvalue weighted by Crippen LogP contribution is -2.62. The van der Waals surface area contributed by atoms with E-state index in [1.54, 1.807) is 12.3 Å². The number of hydrogen-bond acceptors (Lipinski definition) is 5. The Morgan fingerprint density at radius 3 is 2.10 bits per heavy atom. The summed E-state index contributed by atoms with van der Waals surface area (Å²) in [5.41, 5.74) is 2.78. The van der Waals surface area contributed by atoms with Crippen LogP contribution in [0.2, 0.25) is 0 Å². The van der Waals surface area contributed by atoms with Crippen molar-refractivity contribution in [2.75, 3.05) is 14.1 Å². The third-order valence-corrected chi connectivity index (χ3v) is 7.33. The SMILES string of the molecule is CC(C)[C@@H]1Oc2ccc(cc2)C=CNC(=O)[C@@H](Cc2ccccc2)NC(=O)[C@H]1NC(=O)[C@H](Cc1ccccc1)N(C)C. The molecule has 2 aliphatic rings. The third-order valence-electron chi connectivity index (χ3n) is 7.33. The summed E-state index contributed by atoms with van der Waals surface area (Å²) in [4.78, 5) is 43.1. The molecule has 3 aromatic carbocycles. The van der Waals surface area contributed by atoms with Gasteiger partial charge in [0.05, 0.1) is 6.04 Å². The minimum Gasteiger partial charge on any atom is -0.487 e. The third kappa shape index (κ3) is 8.30. The van der Waals surface area contributed by atoms with E-state index >= 15 is 0 Å². The zero-order chi connectivity index (χ0) is 30.1. The molecule has 4 atom stereocenters. The first-order chi connectivity index (χ1) is 20.2. The van der Waals surface area contributed by atoms with Crippen LogP contribution in [0, 0.1) is 5.92 Å².